The van der Waals surface area contributed by atoms with E-state index in [0.29, 0.717) is 30.7 Å². The normalized spacial score (nSPS) is 11.2. The van der Waals surface area contributed by atoms with Crippen molar-refractivity contribution < 1.29 is 9.15 Å². The first-order chi connectivity index (χ1) is 7.70. The second-order valence-corrected chi connectivity index (χ2v) is 3.96. The lowest BCUT2D eigenvalue weighted by Gasteiger charge is -1.96. The first-order valence-corrected chi connectivity index (χ1v) is 5.42. The van der Waals surface area contributed by atoms with Gasteiger partial charge in [0.2, 0.25) is 5.89 Å². The van der Waals surface area contributed by atoms with E-state index in [1.807, 2.05) is 13.0 Å². The summed E-state index contributed by atoms with van der Waals surface area (Å²) >= 11 is 5.93. The quantitative estimate of drug-likeness (QED) is 0.833. The number of ether oxygens (including phenoxy) is 1. The predicted molar refractivity (Wildman–Crippen MR) is 62.5 cm³/mol. The molecule has 2 N–H and O–H groups in total. The number of nitrogens with two attached hydrogens (primary N) is 1. The van der Waals surface area contributed by atoms with E-state index < -0.39 is 0 Å². The minimum atomic E-state index is 0.336. The summed E-state index contributed by atoms with van der Waals surface area (Å²) in [6.07, 6.45) is 0. The summed E-state index contributed by atoms with van der Waals surface area (Å²) in [5, 5.41) is 0.660. The zero-order valence-corrected chi connectivity index (χ0v) is 9.75. The van der Waals surface area contributed by atoms with Gasteiger partial charge in [0, 0.05) is 11.6 Å². The number of aryl methyl sites for hydroxylation is 1. The van der Waals surface area contributed by atoms with Gasteiger partial charge in [-0.05, 0) is 24.6 Å². The Morgan fingerprint density at radius 2 is 2.31 bits per heavy atom. The molecule has 1 aromatic heterocycles. The third-order valence-electron chi connectivity index (χ3n) is 2.17. The predicted octanol–water partition coefficient (Wildman–Crippen LogP) is 2.26. The van der Waals surface area contributed by atoms with Crippen LogP contribution >= 0.6 is 11.6 Å². The molecule has 0 spiro atoms. The molecule has 0 saturated carbocycles. The van der Waals surface area contributed by atoms with Crippen molar-refractivity contribution >= 4 is 22.7 Å². The Hall–Kier alpha value is -1.10. The van der Waals surface area contributed by atoms with Gasteiger partial charge in [-0.2, -0.15) is 0 Å². The standard InChI is InChI=1S/C11H13ClN2O2/c1-7-4-8(12)5-9-11(7)16-10(14-9)6-15-3-2-13/h4-5H,2-3,6,13H2,1H3. The molecule has 0 fully saturated rings. The molecule has 16 heavy (non-hydrogen) atoms. The SMILES string of the molecule is Cc1cc(Cl)cc2nc(COCCN)oc12. The van der Waals surface area contributed by atoms with Gasteiger partial charge < -0.3 is 14.9 Å². The fraction of sp³-hybridized carbons (Fsp3) is 0.364. The molecule has 1 aromatic carbocycles. The third-order valence-corrected chi connectivity index (χ3v) is 2.39. The maximum absolute atomic E-state index is 5.93. The van der Waals surface area contributed by atoms with Crippen LogP contribution in [0.2, 0.25) is 5.02 Å². The van der Waals surface area contributed by atoms with Gasteiger partial charge in [0.05, 0.1) is 6.61 Å². The molecule has 0 aliphatic heterocycles. The molecule has 0 unspecified atom stereocenters. The van der Waals surface area contributed by atoms with Crippen molar-refractivity contribution in [3.8, 4) is 0 Å². The number of halogens is 1. The highest BCUT2D eigenvalue weighted by Crippen LogP contribution is 2.24. The van der Waals surface area contributed by atoms with Gasteiger partial charge in [0.15, 0.2) is 5.58 Å². The fourth-order valence-electron chi connectivity index (χ4n) is 1.51. The second-order valence-electron chi connectivity index (χ2n) is 3.52. The largest absolute Gasteiger partial charge is 0.438 e. The first-order valence-electron chi connectivity index (χ1n) is 5.04. The van der Waals surface area contributed by atoms with Gasteiger partial charge in [0.25, 0.3) is 0 Å². The number of fused-ring (bicyclic) bond motifs is 1. The Kier molecular flexibility index (Phi) is 3.43. The van der Waals surface area contributed by atoms with Crippen molar-refractivity contribution in [2.24, 2.45) is 5.73 Å². The zero-order valence-electron chi connectivity index (χ0n) is 9.00. The minimum absolute atomic E-state index is 0.336. The summed E-state index contributed by atoms with van der Waals surface area (Å²) in [7, 11) is 0. The summed E-state index contributed by atoms with van der Waals surface area (Å²) in [6, 6.07) is 3.62. The lowest BCUT2D eigenvalue weighted by atomic mass is 10.2. The average molecular weight is 241 g/mol. The van der Waals surface area contributed by atoms with Crippen molar-refractivity contribution in [3.63, 3.8) is 0 Å². The number of rotatable bonds is 4. The van der Waals surface area contributed by atoms with Gasteiger partial charge in [-0.15, -0.1) is 0 Å². The molecule has 86 valence electrons. The lowest BCUT2D eigenvalue weighted by molar-refractivity contribution is 0.110. The Bertz CT molecular complexity index is 496. The van der Waals surface area contributed by atoms with E-state index in [1.165, 1.54) is 0 Å². The molecule has 4 nitrogen and oxygen atoms in total. The number of oxazole rings is 1. The molecule has 0 atom stereocenters. The van der Waals surface area contributed by atoms with Crippen LogP contribution in [-0.4, -0.2) is 18.1 Å². The Morgan fingerprint density at radius 1 is 1.50 bits per heavy atom. The molecule has 2 aromatic rings. The van der Waals surface area contributed by atoms with Gasteiger partial charge in [-0.3, -0.25) is 0 Å². The molecule has 5 heteroatoms. The molecule has 1 heterocycles. The summed E-state index contributed by atoms with van der Waals surface area (Å²) < 4.78 is 10.8. The smallest absolute Gasteiger partial charge is 0.221 e. The number of hydrogen-bond donors (Lipinski definition) is 1. The van der Waals surface area contributed by atoms with Crippen LogP contribution in [0.4, 0.5) is 0 Å². The molecular weight excluding hydrogens is 228 g/mol. The van der Waals surface area contributed by atoms with Crippen LogP contribution in [-0.2, 0) is 11.3 Å². The summed E-state index contributed by atoms with van der Waals surface area (Å²) in [5.41, 5.74) is 7.81. The maximum Gasteiger partial charge on any atom is 0.221 e. The van der Waals surface area contributed by atoms with E-state index in [4.69, 9.17) is 26.5 Å². The Balaban J connectivity index is 2.26. The highest BCUT2D eigenvalue weighted by atomic mass is 35.5. The molecule has 0 amide bonds. The van der Waals surface area contributed by atoms with E-state index in [2.05, 4.69) is 4.98 Å². The monoisotopic (exact) mass is 240 g/mol. The second kappa shape index (κ2) is 4.82. The summed E-state index contributed by atoms with van der Waals surface area (Å²) in [6.45, 7) is 3.26. The van der Waals surface area contributed by atoms with Crippen molar-refractivity contribution in [3.05, 3.63) is 28.6 Å². The van der Waals surface area contributed by atoms with Gasteiger partial charge in [-0.25, -0.2) is 4.98 Å². The van der Waals surface area contributed by atoms with Crippen molar-refractivity contribution in [1.29, 1.82) is 0 Å². The van der Waals surface area contributed by atoms with E-state index >= 15 is 0 Å². The molecule has 0 aliphatic rings. The maximum atomic E-state index is 5.93. The van der Waals surface area contributed by atoms with Crippen LogP contribution < -0.4 is 5.73 Å². The van der Waals surface area contributed by atoms with E-state index in [0.717, 1.165) is 16.7 Å². The molecule has 0 bridgehead atoms. The molecule has 2 rings (SSSR count). The van der Waals surface area contributed by atoms with Gasteiger partial charge >= 0.3 is 0 Å². The van der Waals surface area contributed by atoms with Crippen LogP contribution in [0.1, 0.15) is 11.5 Å². The molecule has 0 radical (unpaired) electrons. The van der Waals surface area contributed by atoms with Crippen LogP contribution in [0, 0.1) is 6.92 Å². The van der Waals surface area contributed by atoms with E-state index in [9.17, 15) is 0 Å². The lowest BCUT2D eigenvalue weighted by Crippen LogP contribution is -2.08. The molecular formula is C11H13ClN2O2. The van der Waals surface area contributed by atoms with E-state index in [-0.39, 0.29) is 0 Å². The number of benzene rings is 1. The van der Waals surface area contributed by atoms with Crippen molar-refractivity contribution in [1.82, 2.24) is 4.98 Å². The third kappa shape index (κ3) is 2.35. The summed E-state index contributed by atoms with van der Waals surface area (Å²) in [5.74, 6) is 0.550. The zero-order chi connectivity index (χ0) is 11.5. The highest BCUT2D eigenvalue weighted by molar-refractivity contribution is 6.31. The highest BCUT2D eigenvalue weighted by Gasteiger charge is 2.09. The van der Waals surface area contributed by atoms with E-state index in [1.54, 1.807) is 6.07 Å². The number of aromatic nitrogens is 1. The molecule has 0 saturated heterocycles. The number of nitrogens with zero attached hydrogens (tertiary/aromatic N) is 1. The van der Waals surface area contributed by atoms with Crippen molar-refractivity contribution in [2.75, 3.05) is 13.2 Å². The van der Waals surface area contributed by atoms with Crippen molar-refractivity contribution in [2.45, 2.75) is 13.5 Å². The summed E-state index contributed by atoms with van der Waals surface area (Å²) in [4.78, 5) is 4.29. The van der Waals surface area contributed by atoms with Crippen LogP contribution in [0.15, 0.2) is 16.5 Å². The topological polar surface area (TPSA) is 61.3 Å². The number of hydrogen-bond acceptors (Lipinski definition) is 4. The van der Waals surface area contributed by atoms with Gasteiger partial charge in [0.1, 0.15) is 12.1 Å². The molecule has 0 aliphatic carbocycles. The first kappa shape index (κ1) is 11.4. The van der Waals surface area contributed by atoms with Gasteiger partial charge in [-0.1, -0.05) is 11.6 Å². The average Bonchev–Trinajstić information content (AvgIpc) is 2.61. The Morgan fingerprint density at radius 3 is 3.06 bits per heavy atom. The minimum Gasteiger partial charge on any atom is -0.438 e. The fourth-order valence-corrected chi connectivity index (χ4v) is 1.77. The van der Waals surface area contributed by atoms with Crippen LogP contribution in [0.5, 0.6) is 0 Å². The Labute approximate surface area is 98.3 Å². The van der Waals surface area contributed by atoms with Crippen LogP contribution in [0.3, 0.4) is 0 Å². The van der Waals surface area contributed by atoms with Crippen LogP contribution in [0.25, 0.3) is 11.1 Å².